The number of furan rings is 1. The van der Waals surface area contributed by atoms with Crippen molar-refractivity contribution in [2.24, 2.45) is 0 Å². The van der Waals surface area contributed by atoms with Gasteiger partial charge in [-0.2, -0.15) is 0 Å². The van der Waals surface area contributed by atoms with Crippen LogP contribution in [0.25, 0.3) is 44.7 Å². The molecule has 5 rings (SSSR count). The molecule has 124 valence electrons. The SMILES string of the molecule is Clc1ccc(-c2nc3ccccc3nc2-c2cc3ccccc3o2)cc1. The van der Waals surface area contributed by atoms with Crippen LogP contribution in [-0.2, 0) is 0 Å². The Bertz CT molecular complexity index is 1210. The zero-order valence-corrected chi connectivity index (χ0v) is 14.4. The summed E-state index contributed by atoms with van der Waals surface area (Å²) in [6.45, 7) is 0. The van der Waals surface area contributed by atoms with E-state index in [9.17, 15) is 0 Å². The van der Waals surface area contributed by atoms with Gasteiger partial charge in [0.1, 0.15) is 17.0 Å². The molecule has 0 N–H and O–H groups in total. The summed E-state index contributed by atoms with van der Waals surface area (Å²) in [6.07, 6.45) is 0. The highest BCUT2D eigenvalue weighted by Gasteiger charge is 2.16. The lowest BCUT2D eigenvalue weighted by atomic mass is 10.1. The van der Waals surface area contributed by atoms with Gasteiger partial charge in [-0.25, -0.2) is 9.97 Å². The first-order valence-electron chi connectivity index (χ1n) is 8.30. The molecule has 0 saturated heterocycles. The van der Waals surface area contributed by atoms with Crippen molar-refractivity contribution in [2.45, 2.75) is 0 Å². The van der Waals surface area contributed by atoms with Crippen LogP contribution in [-0.4, -0.2) is 9.97 Å². The van der Waals surface area contributed by atoms with Crippen molar-refractivity contribution < 1.29 is 4.42 Å². The molecule has 2 heterocycles. The molecule has 0 spiro atoms. The largest absolute Gasteiger partial charge is 0.454 e. The Kier molecular flexibility index (Phi) is 3.47. The highest BCUT2D eigenvalue weighted by Crippen LogP contribution is 2.34. The number of rotatable bonds is 2. The summed E-state index contributed by atoms with van der Waals surface area (Å²) >= 11 is 6.05. The third-order valence-corrected chi connectivity index (χ3v) is 4.60. The molecule has 2 aromatic heterocycles. The van der Waals surface area contributed by atoms with E-state index in [4.69, 9.17) is 26.0 Å². The molecule has 4 heteroatoms. The quantitative estimate of drug-likeness (QED) is 0.369. The number of benzene rings is 3. The second-order valence-corrected chi connectivity index (χ2v) is 6.50. The van der Waals surface area contributed by atoms with Crippen LogP contribution >= 0.6 is 11.6 Å². The summed E-state index contributed by atoms with van der Waals surface area (Å²) in [5.74, 6) is 0.703. The van der Waals surface area contributed by atoms with Gasteiger partial charge in [0.25, 0.3) is 0 Å². The van der Waals surface area contributed by atoms with Gasteiger partial charge in [-0.3, -0.25) is 0 Å². The Hall–Kier alpha value is -3.17. The molecular formula is C22H13ClN2O. The fraction of sp³-hybridized carbons (Fsp3) is 0. The van der Waals surface area contributed by atoms with Gasteiger partial charge >= 0.3 is 0 Å². The van der Waals surface area contributed by atoms with E-state index >= 15 is 0 Å². The maximum atomic E-state index is 6.06. The molecule has 26 heavy (non-hydrogen) atoms. The minimum Gasteiger partial charge on any atom is -0.454 e. The van der Waals surface area contributed by atoms with Crippen LogP contribution < -0.4 is 0 Å². The summed E-state index contributed by atoms with van der Waals surface area (Å²) in [6, 6.07) is 25.4. The topological polar surface area (TPSA) is 38.9 Å². The van der Waals surface area contributed by atoms with E-state index in [1.807, 2.05) is 78.9 Å². The van der Waals surface area contributed by atoms with Crippen LogP contribution in [0.4, 0.5) is 0 Å². The molecule has 0 unspecified atom stereocenters. The lowest BCUT2D eigenvalue weighted by Gasteiger charge is -2.08. The normalized spacial score (nSPS) is 11.3. The van der Waals surface area contributed by atoms with Crippen molar-refractivity contribution in [3.05, 3.63) is 83.9 Å². The first-order chi connectivity index (χ1) is 12.8. The van der Waals surface area contributed by atoms with Gasteiger partial charge < -0.3 is 4.42 Å². The zero-order chi connectivity index (χ0) is 17.5. The van der Waals surface area contributed by atoms with Gasteiger partial charge in [-0.15, -0.1) is 0 Å². The van der Waals surface area contributed by atoms with Crippen molar-refractivity contribution in [3.63, 3.8) is 0 Å². The molecule has 3 aromatic carbocycles. The Labute approximate surface area is 154 Å². The average Bonchev–Trinajstić information content (AvgIpc) is 3.12. The third-order valence-electron chi connectivity index (χ3n) is 4.35. The molecule has 0 saturated carbocycles. The highest BCUT2D eigenvalue weighted by molar-refractivity contribution is 6.30. The second-order valence-electron chi connectivity index (χ2n) is 6.06. The van der Waals surface area contributed by atoms with Crippen molar-refractivity contribution >= 4 is 33.6 Å². The summed E-state index contributed by atoms with van der Waals surface area (Å²) < 4.78 is 6.06. The number of nitrogens with zero attached hydrogens (tertiary/aromatic N) is 2. The second kappa shape index (κ2) is 5.97. The first-order valence-corrected chi connectivity index (χ1v) is 8.67. The summed E-state index contributed by atoms with van der Waals surface area (Å²) in [5.41, 5.74) is 4.96. The van der Waals surface area contributed by atoms with E-state index in [2.05, 4.69) is 0 Å². The molecule has 0 atom stereocenters. The smallest absolute Gasteiger partial charge is 0.156 e. The Morgan fingerprint density at radius 3 is 2.08 bits per heavy atom. The third kappa shape index (κ3) is 2.54. The van der Waals surface area contributed by atoms with E-state index in [-0.39, 0.29) is 0 Å². The maximum Gasteiger partial charge on any atom is 0.156 e. The fourth-order valence-corrected chi connectivity index (χ4v) is 3.21. The molecule has 0 aliphatic rings. The lowest BCUT2D eigenvalue weighted by Crippen LogP contribution is -1.94. The summed E-state index contributed by atoms with van der Waals surface area (Å²) in [5, 5.41) is 1.73. The van der Waals surface area contributed by atoms with Crippen LogP contribution in [0.15, 0.2) is 83.3 Å². The predicted molar refractivity (Wildman–Crippen MR) is 105 cm³/mol. The molecule has 0 radical (unpaired) electrons. The van der Waals surface area contributed by atoms with Crippen molar-refractivity contribution in [1.29, 1.82) is 0 Å². The molecule has 0 amide bonds. The minimum atomic E-state index is 0.688. The molecule has 5 aromatic rings. The van der Waals surface area contributed by atoms with E-state index in [1.54, 1.807) is 0 Å². The number of hydrogen-bond donors (Lipinski definition) is 0. The van der Waals surface area contributed by atoms with Crippen molar-refractivity contribution in [2.75, 3.05) is 0 Å². The van der Waals surface area contributed by atoms with Gasteiger partial charge in [0, 0.05) is 16.0 Å². The number of hydrogen-bond acceptors (Lipinski definition) is 3. The van der Waals surface area contributed by atoms with Crippen LogP contribution in [0.5, 0.6) is 0 Å². The van der Waals surface area contributed by atoms with Crippen molar-refractivity contribution in [3.8, 4) is 22.7 Å². The predicted octanol–water partition coefficient (Wildman–Crippen LogP) is 6.36. The van der Waals surface area contributed by atoms with Crippen molar-refractivity contribution in [1.82, 2.24) is 9.97 Å². The van der Waals surface area contributed by atoms with Crippen LogP contribution in [0.2, 0.25) is 5.02 Å². The summed E-state index contributed by atoms with van der Waals surface area (Å²) in [7, 11) is 0. The number of fused-ring (bicyclic) bond motifs is 2. The monoisotopic (exact) mass is 356 g/mol. The van der Waals surface area contributed by atoms with Gasteiger partial charge in [0.15, 0.2) is 5.76 Å². The van der Waals surface area contributed by atoms with Crippen LogP contribution in [0, 0.1) is 0 Å². The fourth-order valence-electron chi connectivity index (χ4n) is 3.08. The van der Waals surface area contributed by atoms with E-state index in [1.165, 1.54) is 0 Å². The van der Waals surface area contributed by atoms with Gasteiger partial charge in [-0.1, -0.05) is 54.1 Å². The molecule has 0 aliphatic carbocycles. The molecular weight excluding hydrogens is 344 g/mol. The van der Waals surface area contributed by atoms with E-state index in [0.29, 0.717) is 10.8 Å². The highest BCUT2D eigenvalue weighted by atomic mass is 35.5. The number of aromatic nitrogens is 2. The Balaban J connectivity index is 1.81. The maximum absolute atomic E-state index is 6.06. The van der Waals surface area contributed by atoms with Gasteiger partial charge in [0.05, 0.1) is 11.0 Å². The molecule has 3 nitrogen and oxygen atoms in total. The minimum absolute atomic E-state index is 0.688. The Morgan fingerprint density at radius 1 is 0.692 bits per heavy atom. The van der Waals surface area contributed by atoms with Gasteiger partial charge in [-0.05, 0) is 36.4 Å². The van der Waals surface area contributed by atoms with E-state index < -0.39 is 0 Å². The lowest BCUT2D eigenvalue weighted by molar-refractivity contribution is 0.629. The van der Waals surface area contributed by atoms with Crippen LogP contribution in [0.3, 0.4) is 0 Å². The molecule has 0 bridgehead atoms. The van der Waals surface area contributed by atoms with E-state index in [0.717, 1.165) is 39.0 Å². The van der Waals surface area contributed by atoms with Crippen LogP contribution in [0.1, 0.15) is 0 Å². The Morgan fingerprint density at radius 2 is 1.35 bits per heavy atom. The molecule has 0 fully saturated rings. The first kappa shape index (κ1) is 15.1. The summed E-state index contributed by atoms with van der Waals surface area (Å²) in [4.78, 5) is 9.71. The number of halogens is 1. The van der Waals surface area contributed by atoms with Gasteiger partial charge in [0.2, 0.25) is 0 Å². The number of para-hydroxylation sites is 3. The zero-order valence-electron chi connectivity index (χ0n) is 13.7. The average molecular weight is 357 g/mol. The molecule has 0 aliphatic heterocycles. The standard InChI is InChI=1S/C22H13ClN2O/c23-16-11-9-14(10-12-16)21-22(25-18-7-3-2-6-17(18)24-21)20-13-15-5-1-4-8-19(15)26-20/h1-13H.